The van der Waals surface area contributed by atoms with Crippen molar-refractivity contribution in [3.63, 3.8) is 0 Å². The number of carboxylic acids is 1. The summed E-state index contributed by atoms with van der Waals surface area (Å²) in [6.07, 6.45) is 5.58. The van der Waals surface area contributed by atoms with Crippen LogP contribution in [-0.4, -0.2) is 49.7 Å². The summed E-state index contributed by atoms with van der Waals surface area (Å²) in [7, 11) is 0. The van der Waals surface area contributed by atoms with Gasteiger partial charge in [0.15, 0.2) is 0 Å². The smallest absolute Gasteiger partial charge is 0.303 e. The van der Waals surface area contributed by atoms with Gasteiger partial charge >= 0.3 is 5.97 Å². The second-order valence-corrected chi connectivity index (χ2v) is 5.73. The summed E-state index contributed by atoms with van der Waals surface area (Å²) in [5.41, 5.74) is 0. The average Bonchev–Trinajstić information content (AvgIpc) is 2.97. The van der Waals surface area contributed by atoms with Crippen molar-refractivity contribution in [1.82, 2.24) is 19.7 Å². The predicted octanol–water partition coefficient (Wildman–Crippen LogP) is 1.02. The molecule has 1 amide bonds. The van der Waals surface area contributed by atoms with Crippen LogP contribution in [0.3, 0.4) is 0 Å². The number of amides is 1. The molecule has 0 saturated carbocycles. The molecule has 2 heterocycles. The molecule has 116 valence electrons. The van der Waals surface area contributed by atoms with Gasteiger partial charge in [0.25, 0.3) is 0 Å². The molecule has 2 unspecified atom stereocenters. The molecule has 0 radical (unpaired) electrons. The zero-order valence-electron chi connectivity index (χ0n) is 12.3. The Morgan fingerprint density at radius 2 is 2.29 bits per heavy atom. The molecule has 1 aromatic rings. The molecule has 2 atom stereocenters. The van der Waals surface area contributed by atoms with Crippen LogP contribution >= 0.6 is 0 Å². The highest BCUT2D eigenvalue weighted by atomic mass is 16.4. The summed E-state index contributed by atoms with van der Waals surface area (Å²) in [5, 5.41) is 12.9. The van der Waals surface area contributed by atoms with E-state index >= 15 is 0 Å². The van der Waals surface area contributed by atoms with Crippen molar-refractivity contribution in [2.75, 3.05) is 13.1 Å². The van der Waals surface area contributed by atoms with E-state index in [-0.39, 0.29) is 24.2 Å². The maximum atomic E-state index is 12.2. The van der Waals surface area contributed by atoms with Crippen molar-refractivity contribution in [2.24, 2.45) is 11.8 Å². The summed E-state index contributed by atoms with van der Waals surface area (Å²) >= 11 is 0. The van der Waals surface area contributed by atoms with E-state index in [0.717, 1.165) is 19.4 Å². The van der Waals surface area contributed by atoms with Crippen LogP contribution < -0.4 is 0 Å². The van der Waals surface area contributed by atoms with E-state index in [1.807, 2.05) is 11.8 Å². The third kappa shape index (κ3) is 4.54. The van der Waals surface area contributed by atoms with Crippen LogP contribution in [0.4, 0.5) is 0 Å². The number of aryl methyl sites for hydroxylation is 1. The molecule has 7 nitrogen and oxygen atoms in total. The van der Waals surface area contributed by atoms with Crippen LogP contribution in [0, 0.1) is 11.8 Å². The van der Waals surface area contributed by atoms with E-state index in [2.05, 4.69) is 10.1 Å². The monoisotopic (exact) mass is 294 g/mol. The van der Waals surface area contributed by atoms with E-state index < -0.39 is 5.97 Å². The lowest BCUT2D eigenvalue weighted by Crippen LogP contribution is -2.42. The second kappa shape index (κ2) is 7.19. The maximum absolute atomic E-state index is 12.2. The molecule has 1 fully saturated rings. The first-order valence-corrected chi connectivity index (χ1v) is 7.38. The highest BCUT2D eigenvalue weighted by molar-refractivity contribution is 5.76. The van der Waals surface area contributed by atoms with Gasteiger partial charge in [-0.15, -0.1) is 0 Å². The van der Waals surface area contributed by atoms with Gasteiger partial charge < -0.3 is 10.0 Å². The van der Waals surface area contributed by atoms with E-state index in [0.29, 0.717) is 19.5 Å². The average molecular weight is 294 g/mol. The Bertz CT molecular complexity index is 475. The lowest BCUT2D eigenvalue weighted by Gasteiger charge is -2.35. The molecule has 1 saturated heterocycles. The van der Waals surface area contributed by atoms with Crippen molar-refractivity contribution in [2.45, 2.75) is 39.2 Å². The van der Waals surface area contributed by atoms with E-state index in [1.165, 1.54) is 6.33 Å². The first-order valence-electron chi connectivity index (χ1n) is 7.38. The van der Waals surface area contributed by atoms with Gasteiger partial charge in [0.2, 0.25) is 5.91 Å². The van der Waals surface area contributed by atoms with Gasteiger partial charge in [0.1, 0.15) is 12.7 Å². The standard InChI is InChI=1S/C14H22N4O3/c1-11(7-14(20)21)12-3-2-5-17(8-12)13(19)4-6-18-10-15-9-16-18/h9-12H,2-8H2,1H3,(H,20,21). The summed E-state index contributed by atoms with van der Waals surface area (Å²) < 4.78 is 1.65. The maximum Gasteiger partial charge on any atom is 0.303 e. The molecular weight excluding hydrogens is 272 g/mol. The lowest BCUT2D eigenvalue weighted by atomic mass is 9.84. The van der Waals surface area contributed by atoms with E-state index in [1.54, 1.807) is 11.0 Å². The third-order valence-corrected chi connectivity index (χ3v) is 4.13. The Labute approximate surface area is 124 Å². The molecule has 21 heavy (non-hydrogen) atoms. The van der Waals surface area contributed by atoms with Crippen molar-refractivity contribution >= 4 is 11.9 Å². The second-order valence-electron chi connectivity index (χ2n) is 5.73. The molecule has 2 rings (SSSR count). The zero-order valence-corrected chi connectivity index (χ0v) is 12.3. The molecule has 1 aliphatic rings. The number of nitrogens with zero attached hydrogens (tertiary/aromatic N) is 4. The Balaban J connectivity index is 1.82. The Kier molecular flexibility index (Phi) is 5.30. The topological polar surface area (TPSA) is 88.3 Å². The van der Waals surface area contributed by atoms with E-state index in [4.69, 9.17) is 5.11 Å². The normalized spacial score (nSPS) is 20.2. The largest absolute Gasteiger partial charge is 0.481 e. The fraction of sp³-hybridized carbons (Fsp3) is 0.714. The highest BCUT2D eigenvalue weighted by Crippen LogP contribution is 2.26. The number of aliphatic carboxylic acids is 1. The van der Waals surface area contributed by atoms with Crippen molar-refractivity contribution in [3.05, 3.63) is 12.7 Å². The first kappa shape index (κ1) is 15.5. The minimum Gasteiger partial charge on any atom is -0.481 e. The Morgan fingerprint density at radius 3 is 2.95 bits per heavy atom. The van der Waals surface area contributed by atoms with Crippen molar-refractivity contribution in [3.8, 4) is 0 Å². The molecule has 0 bridgehead atoms. The summed E-state index contributed by atoms with van der Waals surface area (Å²) in [6, 6.07) is 0. The quantitative estimate of drug-likeness (QED) is 0.846. The van der Waals surface area contributed by atoms with Crippen molar-refractivity contribution < 1.29 is 14.7 Å². The first-order chi connectivity index (χ1) is 10.1. The number of hydrogen-bond donors (Lipinski definition) is 1. The van der Waals surface area contributed by atoms with Crippen LogP contribution in [-0.2, 0) is 16.1 Å². The Hall–Kier alpha value is -1.92. The summed E-state index contributed by atoms with van der Waals surface area (Å²) in [5.74, 6) is -0.270. The van der Waals surface area contributed by atoms with Gasteiger partial charge in [-0.05, 0) is 24.7 Å². The van der Waals surface area contributed by atoms with Crippen LogP contribution in [0.15, 0.2) is 12.7 Å². The summed E-state index contributed by atoms with van der Waals surface area (Å²) in [4.78, 5) is 28.7. The van der Waals surface area contributed by atoms with Gasteiger partial charge in [-0.3, -0.25) is 14.3 Å². The molecule has 1 aromatic heterocycles. The molecule has 0 aromatic carbocycles. The van der Waals surface area contributed by atoms with Gasteiger partial charge in [-0.1, -0.05) is 6.92 Å². The number of carbonyl (C=O) groups is 2. The fourth-order valence-corrected chi connectivity index (χ4v) is 2.86. The molecule has 1 N–H and O–H groups in total. The number of hydrogen-bond acceptors (Lipinski definition) is 4. The predicted molar refractivity (Wildman–Crippen MR) is 75.4 cm³/mol. The van der Waals surface area contributed by atoms with Gasteiger partial charge in [0, 0.05) is 25.9 Å². The van der Waals surface area contributed by atoms with Gasteiger partial charge in [-0.2, -0.15) is 5.10 Å². The highest BCUT2D eigenvalue weighted by Gasteiger charge is 2.28. The molecule has 7 heteroatoms. The Morgan fingerprint density at radius 1 is 1.48 bits per heavy atom. The van der Waals surface area contributed by atoms with Crippen LogP contribution in [0.2, 0.25) is 0 Å². The van der Waals surface area contributed by atoms with Gasteiger partial charge in [-0.25, -0.2) is 4.98 Å². The number of piperidine rings is 1. The molecule has 0 spiro atoms. The van der Waals surface area contributed by atoms with Crippen LogP contribution in [0.5, 0.6) is 0 Å². The van der Waals surface area contributed by atoms with Crippen LogP contribution in [0.1, 0.15) is 32.6 Å². The summed E-state index contributed by atoms with van der Waals surface area (Å²) in [6.45, 7) is 3.93. The lowest BCUT2D eigenvalue weighted by molar-refractivity contribution is -0.138. The number of aromatic nitrogens is 3. The third-order valence-electron chi connectivity index (χ3n) is 4.13. The molecule has 1 aliphatic heterocycles. The minimum absolute atomic E-state index is 0.105. The van der Waals surface area contributed by atoms with Gasteiger partial charge in [0.05, 0.1) is 6.54 Å². The number of likely N-dealkylation sites (tertiary alicyclic amines) is 1. The molecular formula is C14H22N4O3. The van der Waals surface area contributed by atoms with E-state index in [9.17, 15) is 9.59 Å². The zero-order chi connectivity index (χ0) is 15.2. The SMILES string of the molecule is CC(CC(=O)O)C1CCCN(C(=O)CCn2cncn2)C1. The number of carbonyl (C=O) groups excluding carboxylic acids is 1. The fourth-order valence-electron chi connectivity index (χ4n) is 2.86. The van der Waals surface area contributed by atoms with Crippen molar-refractivity contribution in [1.29, 1.82) is 0 Å². The van der Waals surface area contributed by atoms with Crippen LogP contribution in [0.25, 0.3) is 0 Å². The molecule has 0 aliphatic carbocycles. The number of rotatable bonds is 6. The number of carboxylic acid groups (broad SMARTS) is 1. The minimum atomic E-state index is -0.767.